The molecule has 154 valence electrons. The van der Waals surface area contributed by atoms with E-state index in [0.717, 1.165) is 11.4 Å². The first-order chi connectivity index (χ1) is 13.2. The molecule has 0 saturated carbocycles. The SMILES string of the molecule is CC.CCC(C)c1cc(Cl)ccc1C(C)(C)CNc1ccc([N+](=O)[O-])cc1N. The predicted molar refractivity (Wildman–Crippen MR) is 121 cm³/mol. The Hall–Kier alpha value is -2.27. The van der Waals surface area contributed by atoms with Crippen LogP contribution >= 0.6 is 11.6 Å². The van der Waals surface area contributed by atoms with Crippen LogP contribution < -0.4 is 11.1 Å². The van der Waals surface area contributed by atoms with Gasteiger partial charge in [0.05, 0.1) is 16.3 Å². The number of nitrogens with one attached hydrogen (secondary N) is 1. The van der Waals surface area contributed by atoms with Crippen molar-refractivity contribution in [2.45, 2.75) is 59.3 Å². The van der Waals surface area contributed by atoms with Crippen LogP contribution in [0.15, 0.2) is 36.4 Å². The largest absolute Gasteiger partial charge is 0.397 e. The zero-order valence-corrected chi connectivity index (χ0v) is 18.4. The van der Waals surface area contributed by atoms with Gasteiger partial charge in [-0.05, 0) is 41.7 Å². The zero-order valence-electron chi connectivity index (χ0n) is 17.7. The summed E-state index contributed by atoms with van der Waals surface area (Å²) in [5.74, 6) is 0.410. The molecule has 5 nitrogen and oxygen atoms in total. The summed E-state index contributed by atoms with van der Waals surface area (Å²) >= 11 is 6.21. The van der Waals surface area contributed by atoms with Crippen LogP contribution in [0, 0.1) is 10.1 Å². The fourth-order valence-corrected chi connectivity index (χ4v) is 3.19. The molecule has 1 atom stereocenters. The number of non-ortho nitro benzene ring substituents is 1. The molecule has 0 fully saturated rings. The van der Waals surface area contributed by atoms with Gasteiger partial charge in [0, 0.05) is 29.1 Å². The normalized spacial score (nSPS) is 12.0. The van der Waals surface area contributed by atoms with Crippen LogP contribution in [0.5, 0.6) is 0 Å². The zero-order chi connectivity index (χ0) is 21.5. The minimum absolute atomic E-state index is 0.0101. The average Bonchev–Trinajstić information content (AvgIpc) is 2.67. The third-order valence-electron chi connectivity index (χ3n) is 4.85. The maximum atomic E-state index is 10.8. The first kappa shape index (κ1) is 23.8. The molecule has 2 aromatic carbocycles. The van der Waals surface area contributed by atoms with Crippen molar-refractivity contribution in [3.05, 3.63) is 62.7 Å². The molecule has 28 heavy (non-hydrogen) atoms. The monoisotopic (exact) mass is 405 g/mol. The third-order valence-corrected chi connectivity index (χ3v) is 5.09. The molecule has 0 heterocycles. The van der Waals surface area contributed by atoms with E-state index >= 15 is 0 Å². The molecule has 0 amide bonds. The smallest absolute Gasteiger partial charge is 0.271 e. The summed E-state index contributed by atoms with van der Waals surface area (Å²) in [5.41, 5.74) is 9.34. The second-order valence-electron chi connectivity index (χ2n) is 7.31. The first-order valence-corrected chi connectivity index (χ1v) is 10.1. The van der Waals surface area contributed by atoms with Crippen molar-refractivity contribution < 1.29 is 4.92 Å². The van der Waals surface area contributed by atoms with Crippen molar-refractivity contribution in [1.29, 1.82) is 0 Å². The molecule has 0 spiro atoms. The van der Waals surface area contributed by atoms with E-state index in [1.807, 2.05) is 26.0 Å². The summed E-state index contributed by atoms with van der Waals surface area (Å²) < 4.78 is 0. The van der Waals surface area contributed by atoms with Gasteiger partial charge in [0.15, 0.2) is 0 Å². The Kier molecular flexibility index (Phi) is 8.76. The van der Waals surface area contributed by atoms with E-state index in [1.165, 1.54) is 23.3 Å². The number of nitro benzene ring substituents is 1. The fraction of sp³-hybridized carbons (Fsp3) is 0.455. The highest BCUT2D eigenvalue weighted by Crippen LogP contribution is 2.35. The highest BCUT2D eigenvalue weighted by Gasteiger charge is 2.25. The molecular formula is C22H32ClN3O2. The maximum absolute atomic E-state index is 10.8. The molecule has 0 aliphatic heterocycles. The van der Waals surface area contributed by atoms with E-state index < -0.39 is 4.92 Å². The molecule has 0 bridgehead atoms. The average molecular weight is 406 g/mol. The van der Waals surface area contributed by atoms with E-state index in [9.17, 15) is 10.1 Å². The van der Waals surface area contributed by atoms with Crippen molar-refractivity contribution in [1.82, 2.24) is 0 Å². The quantitative estimate of drug-likeness (QED) is 0.303. The molecular weight excluding hydrogens is 374 g/mol. The third kappa shape index (κ3) is 5.86. The Labute approximate surface area is 173 Å². The summed E-state index contributed by atoms with van der Waals surface area (Å²) in [4.78, 5) is 10.4. The Morgan fingerprint density at radius 3 is 2.39 bits per heavy atom. The van der Waals surface area contributed by atoms with Gasteiger partial charge < -0.3 is 11.1 Å². The molecule has 0 aliphatic carbocycles. The summed E-state index contributed by atoms with van der Waals surface area (Å²) in [6.45, 7) is 13.3. The maximum Gasteiger partial charge on any atom is 0.271 e. The second kappa shape index (κ2) is 10.3. The molecule has 0 saturated heterocycles. The lowest BCUT2D eigenvalue weighted by atomic mass is 9.78. The van der Waals surface area contributed by atoms with Gasteiger partial charge in [0.25, 0.3) is 5.69 Å². The molecule has 1 unspecified atom stereocenters. The number of hydrogen-bond acceptors (Lipinski definition) is 4. The lowest BCUT2D eigenvalue weighted by molar-refractivity contribution is -0.384. The van der Waals surface area contributed by atoms with Crippen molar-refractivity contribution in [2.24, 2.45) is 0 Å². The number of nitrogens with two attached hydrogens (primary N) is 1. The molecule has 2 rings (SSSR count). The van der Waals surface area contributed by atoms with Gasteiger partial charge in [-0.1, -0.05) is 59.2 Å². The van der Waals surface area contributed by atoms with Gasteiger partial charge in [-0.25, -0.2) is 0 Å². The van der Waals surface area contributed by atoms with E-state index in [4.69, 9.17) is 17.3 Å². The molecule has 2 aromatic rings. The number of nitrogen functional groups attached to an aromatic ring is 1. The summed E-state index contributed by atoms with van der Waals surface area (Å²) in [6, 6.07) is 10.5. The topological polar surface area (TPSA) is 81.2 Å². The summed E-state index contributed by atoms with van der Waals surface area (Å²) in [5, 5.41) is 14.9. The summed E-state index contributed by atoms with van der Waals surface area (Å²) in [7, 11) is 0. The highest BCUT2D eigenvalue weighted by atomic mass is 35.5. The van der Waals surface area contributed by atoms with Crippen molar-refractivity contribution in [2.75, 3.05) is 17.6 Å². The van der Waals surface area contributed by atoms with E-state index in [2.05, 4.69) is 39.1 Å². The van der Waals surface area contributed by atoms with Gasteiger partial charge in [-0.2, -0.15) is 0 Å². The van der Waals surface area contributed by atoms with Crippen LogP contribution in [-0.4, -0.2) is 11.5 Å². The number of nitro groups is 1. The van der Waals surface area contributed by atoms with Gasteiger partial charge in [-0.3, -0.25) is 10.1 Å². The second-order valence-corrected chi connectivity index (χ2v) is 7.74. The van der Waals surface area contributed by atoms with Crippen molar-refractivity contribution in [3.8, 4) is 0 Å². The van der Waals surface area contributed by atoms with Crippen molar-refractivity contribution in [3.63, 3.8) is 0 Å². The van der Waals surface area contributed by atoms with Crippen LogP contribution in [0.2, 0.25) is 5.02 Å². The lowest BCUT2D eigenvalue weighted by Gasteiger charge is -2.30. The summed E-state index contributed by atoms with van der Waals surface area (Å²) in [6.07, 6.45) is 1.03. The molecule has 6 heteroatoms. The minimum atomic E-state index is -0.448. The minimum Gasteiger partial charge on any atom is -0.397 e. The molecule has 3 N–H and O–H groups in total. The first-order valence-electron chi connectivity index (χ1n) is 9.73. The molecule has 0 aliphatic rings. The Morgan fingerprint density at radius 1 is 1.21 bits per heavy atom. The van der Waals surface area contributed by atoms with E-state index in [0.29, 0.717) is 23.8 Å². The number of halogens is 1. The van der Waals surface area contributed by atoms with Gasteiger partial charge in [0.2, 0.25) is 0 Å². The number of nitrogens with zero attached hydrogens (tertiary/aromatic N) is 1. The van der Waals surface area contributed by atoms with Crippen molar-refractivity contribution >= 4 is 28.7 Å². The number of anilines is 2. The Bertz CT molecular complexity index is 806. The number of hydrogen-bond donors (Lipinski definition) is 2. The van der Waals surface area contributed by atoms with Gasteiger partial charge >= 0.3 is 0 Å². The van der Waals surface area contributed by atoms with Crippen LogP contribution in [0.3, 0.4) is 0 Å². The van der Waals surface area contributed by atoms with E-state index in [1.54, 1.807) is 6.07 Å². The Morgan fingerprint density at radius 2 is 1.86 bits per heavy atom. The lowest BCUT2D eigenvalue weighted by Crippen LogP contribution is -2.29. The van der Waals surface area contributed by atoms with Gasteiger partial charge in [-0.15, -0.1) is 0 Å². The van der Waals surface area contributed by atoms with Crippen LogP contribution in [-0.2, 0) is 5.41 Å². The molecule has 0 aromatic heterocycles. The highest BCUT2D eigenvalue weighted by molar-refractivity contribution is 6.30. The standard InChI is InChI=1S/C20H26ClN3O2.C2H6/c1-5-13(2)16-10-14(21)6-8-17(16)20(3,4)12-23-19-9-7-15(24(25)26)11-18(19)22;1-2/h6-11,13,23H,5,12,22H2,1-4H3;1-2H3. The molecule has 0 radical (unpaired) electrons. The number of benzene rings is 2. The van der Waals surface area contributed by atoms with E-state index in [-0.39, 0.29) is 11.1 Å². The van der Waals surface area contributed by atoms with Crippen LogP contribution in [0.4, 0.5) is 17.1 Å². The fourth-order valence-electron chi connectivity index (χ4n) is 3.01. The van der Waals surface area contributed by atoms with Gasteiger partial charge in [0.1, 0.15) is 0 Å². The van der Waals surface area contributed by atoms with Crippen LogP contribution in [0.25, 0.3) is 0 Å². The Balaban J connectivity index is 0.00000190. The predicted octanol–water partition coefficient (Wildman–Crippen LogP) is 6.76. The van der Waals surface area contributed by atoms with Crippen LogP contribution in [0.1, 0.15) is 65.0 Å². The number of rotatable bonds is 7.